The fourth-order valence-electron chi connectivity index (χ4n) is 1.95. The second kappa shape index (κ2) is 6.53. The highest BCUT2D eigenvalue weighted by Crippen LogP contribution is 2.15. The molecule has 0 atom stereocenters. The number of rotatable bonds is 5. The first kappa shape index (κ1) is 13.8. The summed E-state index contributed by atoms with van der Waals surface area (Å²) in [6.07, 6.45) is 1.50. The van der Waals surface area contributed by atoms with Crippen molar-refractivity contribution in [1.29, 1.82) is 5.26 Å². The molecule has 0 radical (unpaired) electrons. The van der Waals surface area contributed by atoms with Crippen molar-refractivity contribution < 1.29 is 0 Å². The Bertz CT molecular complexity index is 618. The van der Waals surface area contributed by atoms with Gasteiger partial charge < -0.3 is 10.2 Å². The van der Waals surface area contributed by atoms with Crippen LogP contribution in [0.4, 0.5) is 11.6 Å². The minimum Gasteiger partial charge on any atom is -0.357 e. The van der Waals surface area contributed by atoms with Crippen molar-refractivity contribution in [2.24, 2.45) is 0 Å². The van der Waals surface area contributed by atoms with E-state index in [9.17, 15) is 0 Å². The van der Waals surface area contributed by atoms with E-state index in [0.717, 1.165) is 12.4 Å². The van der Waals surface area contributed by atoms with Gasteiger partial charge >= 0.3 is 0 Å². The minimum absolute atomic E-state index is 0.234. The maximum absolute atomic E-state index is 8.56. The van der Waals surface area contributed by atoms with Gasteiger partial charge in [0.05, 0.1) is 6.07 Å². The smallest absolute Gasteiger partial charge is 0.134 e. The van der Waals surface area contributed by atoms with Crippen LogP contribution in [0.3, 0.4) is 0 Å². The lowest BCUT2D eigenvalue weighted by Gasteiger charge is -2.18. The zero-order chi connectivity index (χ0) is 14.4. The van der Waals surface area contributed by atoms with Gasteiger partial charge in [0.25, 0.3) is 0 Å². The van der Waals surface area contributed by atoms with Crippen molar-refractivity contribution in [3.05, 3.63) is 47.8 Å². The standard InChI is InChI=1S/C15H17N5/c1-12-4-3-5-13(8-12)10-20(2)15-9-14(17-7-6-16)18-11-19-15/h3-5,8-9,11H,7,10H2,1-2H3,(H,17,18,19). The molecule has 5 heteroatoms. The molecule has 0 spiro atoms. The van der Waals surface area contributed by atoms with E-state index >= 15 is 0 Å². The second-order valence-electron chi connectivity index (χ2n) is 4.62. The average molecular weight is 267 g/mol. The van der Waals surface area contributed by atoms with Crippen molar-refractivity contribution in [3.63, 3.8) is 0 Å². The largest absolute Gasteiger partial charge is 0.357 e. The van der Waals surface area contributed by atoms with Crippen molar-refractivity contribution in [1.82, 2.24) is 9.97 Å². The molecule has 0 aliphatic heterocycles. The Morgan fingerprint density at radius 3 is 2.90 bits per heavy atom. The molecule has 2 rings (SSSR count). The SMILES string of the molecule is Cc1cccc(CN(C)c2cc(NCC#N)ncn2)c1. The van der Waals surface area contributed by atoms with E-state index in [1.807, 2.05) is 24.1 Å². The van der Waals surface area contributed by atoms with Crippen LogP contribution in [-0.2, 0) is 6.54 Å². The quantitative estimate of drug-likeness (QED) is 0.842. The lowest BCUT2D eigenvalue weighted by atomic mass is 10.1. The van der Waals surface area contributed by atoms with Crippen molar-refractivity contribution in [2.45, 2.75) is 13.5 Å². The number of nitrogens with one attached hydrogen (secondary N) is 1. The Labute approximate surface area is 118 Å². The molecule has 0 aliphatic carbocycles. The third kappa shape index (κ3) is 3.69. The summed E-state index contributed by atoms with van der Waals surface area (Å²) in [4.78, 5) is 10.4. The molecule has 0 saturated carbocycles. The molecular weight excluding hydrogens is 250 g/mol. The summed E-state index contributed by atoms with van der Waals surface area (Å²) < 4.78 is 0. The predicted molar refractivity (Wildman–Crippen MR) is 79.4 cm³/mol. The molecule has 2 aromatic rings. The van der Waals surface area contributed by atoms with E-state index in [2.05, 4.69) is 46.5 Å². The third-order valence-electron chi connectivity index (χ3n) is 2.89. The number of aryl methyl sites for hydroxylation is 1. The second-order valence-corrected chi connectivity index (χ2v) is 4.62. The van der Waals surface area contributed by atoms with Crippen LogP contribution in [0.2, 0.25) is 0 Å². The predicted octanol–water partition coefficient (Wildman–Crippen LogP) is 2.36. The summed E-state index contributed by atoms with van der Waals surface area (Å²) in [5.41, 5.74) is 2.48. The topological polar surface area (TPSA) is 64.8 Å². The molecule has 5 nitrogen and oxygen atoms in total. The van der Waals surface area contributed by atoms with Gasteiger partial charge in [-0.2, -0.15) is 5.26 Å². The monoisotopic (exact) mass is 267 g/mol. The van der Waals surface area contributed by atoms with Gasteiger partial charge in [0, 0.05) is 19.7 Å². The molecule has 1 N–H and O–H groups in total. The van der Waals surface area contributed by atoms with Gasteiger partial charge in [-0.3, -0.25) is 0 Å². The summed E-state index contributed by atoms with van der Waals surface area (Å²) in [7, 11) is 1.98. The summed E-state index contributed by atoms with van der Waals surface area (Å²) >= 11 is 0. The normalized spacial score (nSPS) is 9.85. The molecular formula is C15H17N5. The number of anilines is 2. The van der Waals surface area contributed by atoms with Crippen LogP contribution in [-0.4, -0.2) is 23.6 Å². The Morgan fingerprint density at radius 2 is 2.15 bits per heavy atom. The first-order chi connectivity index (χ1) is 9.69. The first-order valence-corrected chi connectivity index (χ1v) is 6.38. The van der Waals surface area contributed by atoms with Crippen LogP contribution in [0.15, 0.2) is 36.7 Å². The zero-order valence-corrected chi connectivity index (χ0v) is 11.7. The molecule has 1 aromatic carbocycles. The highest BCUT2D eigenvalue weighted by atomic mass is 15.2. The number of nitriles is 1. The zero-order valence-electron chi connectivity index (χ0n) is 11.7. The van der Waals surface area contributed by atoms with Crippen LogP contribution in [0.5, 0.6) is 0 Å². The molecule has 0 amide bonds. The Kier molecular flexibility index (Phi) is 4.51. The number of aromatic nitrogens is 2. The molecule has 0 bridgehead atoms. The minimum atomic E-state index is 0.234. The molecule has 102 valence electrons. The lowest BCUT2D eigenvalue weighted by molar-refractivity contribution is 0.890. The summed E-state index contributed by atoms with van der Waals surface area (Å²) in [6.45, 7) is 3.09. The van der Waals surface area contributed by atoms with Crippen LogP contribution >= 0.6 is 0 Å². The Morgan fingerprint density at radius 1 is 1.30 bits per heavy atom. The van der Waals surface area contributed by atoms with Gasteiger partial charge in [-0.05, 0) is 12.5 Å². The fourth-order valence-corrected chi connectivity index (χ4v) is 1.95. The van der Waals surface area contributed by atoms with Crippen LogP contribution in [0, 0.1) is 18.3 Å². The van der Waals surface area contributed by atoms with Crippen LogP contribution in [0.1, 0.15) is 11.1 Å². The van der Waals surface area contributed by atoms with Gasteiger partial charge in [0.2, 0.25) is 0 Å². The van der Waals surface area contributed by atoms with E-state index in [1.54, 1.807) is 0 Å². The highest BCUT2D eigenvalue weighted by Gasteiger charge is 2.05. The average Bonchev–Trinajstić information content (AvgIpc) is 2.45. The fraction of sp³-hybridized carbons (Fsp3) is 0.267. The van der Waals surface area contributed by atoms with Crippen molar-refractivity contribution >= 4 is 11.6 Å². The van der Waals surface area contributed by atoms with Crippen LogP contribution < -0.4 is 10.2 Å². The summed E-state index contributed by atoms with van der Waals surface area (Å²) in [6, 6.07) is 12.3. The first-order valence-electron chi connectivity index (χ1n) is 6.38. The van der Waals surface area contributed by atoms with Crippen molar-refractivity contribution in [3.8, 4) is 6.07 Å². The number of benzene rings is 1. The number of hydrogen-bond acceptors (Lipinski definition) is 5. The molecule has 20 heavy (non-hydrogen) atoms. The third-order valence-corrected chi connectivity index (χ3v) is 2.89. The lowest BCUT2D eigenvalue weighted by Crippen LogP contribution is -2.18. The molecule has 1 heterocycles. The number of nitrogens with zero attached hydrogens (tertiary/aromatic N) is 4. The van der Waals surface area contributed by atoms with Gasteiger partial charge in [0.15, 0.2) is 0 Å². The van der Waals surface area contributed by atoms with E-state index in [4.69, 9.17) is 5.26 Å². The van der Waals surface area contributed by atoms with E-state index in [1.165, 1.54) is 17.5 Å². The van der Waals surface area contributed by atoms with Gasteiger partial charge in [-0.15, -0.1) is 0 Å². The van der Waals surface area contributed by atoms with E-state index < -0.39 is 0 Å². The van der Waals surface area contributed by atoms with E-state index in [-0.39, 0.29) is 6.54 Å². The Hall–Kier alpha value is -2.61. The maximum atomic E-state index is 8.56. The molecule has 0 aliphatic rings. The van der Waals surface area contributed by atoms with Gasteiger partial charge in [-0.1, -0.05) is 29.8 Å². The maximum Gasteiger partial charge on any atom is 0.134 e. The number of hydrogen-bond donors (Lipinski definition) is 1. The Balaban J connectivity index is 2.09. The van der Waals surface area contributed by atoms with Gasteiger partial charge in [0.1, 0.15) is 24.5 Å². The van der Waals surface area contributed by atoms with Crippen LogP contribution in [0.25, 0.3) is 0 Å². The highest BCUT2D eigenvalue weighted by molar-refractivity contribution is 5.48. The molecule has 0 saturated heterocycles. The van der Waals surface area contributed by atoms with Gasteiger partial charge in [-0.25, -0.2) is 9.97 Å². The molecule has 0 unspecified atom stereocenters. The summed E-state index contributed by atoms with van der Waals surface area (Å²) in [5.74, 6) is 1.48. The summed E-state index contributed by atoms with van der Waals surface area (Å²) in [5, 5.41) is 11.5. The molecule has 1 aromatic heterocycles. The van der Waals surface area contributed by atoms with Crippen molar-refractivity contribution in [2.75, 3.05) is 23.8 Å². The van der Waals surface area contributed by atoms with E-state index in [0.29, 0.717) is 5.82 Å². The molecule has 0 fully saturated rings.